The Labute approximate surface area is 102 Å². The average Bonchev–Trinajstić information content (AvgIpc) is 2.10. The highest BCUT2D eigenvalue weighted by Gasteiger charge is 2.40. The molecule has 0 spiro atoms. The highest BCUT2D eigenvalue weighted by Crippen LogP contribution is 2.38. The molecule has 0 heterocycles. The van der Waals surface area contributed by atoms with Crippen molar-refractivity contribution >= 4 is 8.32 Å². The van der Waals surface area contributed by atoms with Crippen molar-refractivity contribution in [2.45, 2.75) is 65.0 Å². The molecule has 16 heavy (non-hydrogen) atoms. The fourth-order valence-electron chi connectivity index (χ4n) is 1.30. The molecule has 0 rings (SSSR count). The molecule has 0 unspecified atom stereocenters. The van der Waals surface area contributed by atoms with Crippen molar-refractivity contribution in [2.24, 2.45) is 5.92 Å². The van der Waals surface area contributed by atoms with Gasteiger partial charge in [0.05, 0.1) is 12.2 Å². The van der Waals surface area contributed by atoms with Gasteiger partial charge in [-0.05, 0) is 25.1 Å². The van der Waals surface area contributed by atoms with E-state index in [1.54, 1.807) is 6.92 Å². The van der Waals surface area contributed by atoms with Crippen LogP contribution in [0, 0.1) is 5.92 Å². The first-order valence-corrected chi connectivity index (χ1v) is 8.92. The Morgan fingerprint density at radius 2 is 1.69 bits per heavy atom. The summed E-state index contributed by atoms with van der Waals surface area (Å²) in [6, 6.07) is 0. The van der Waals surface area contributed by atoms with Gasteiger partial charge in [-0.3, -0.25) is 0 Å². The van der Waals surface area contributed by atoms with Crippen LogP contribution in [-0.2, 0) is 4.43 Å². The Balaban J connectivity index is 4.83. The minimum atomic E-state index is -1.82. The molecule has 0 aliphatic heterocycles. The number of hydrogen-bond donors (Lipinski definition) is 1. The third-order valence-corrected chi connectivity index (χ3v) is 8.08. The first-order chi connectivity index (χ1) is 7.03. The molecule has 3 heteroatoms. The summed E-state index contributed by atoms with van der Waals surface area (Å²) in [7, 11) is -1.82. The molecule has 0 bridgehead atoms. The van der Waals surface area contributed by atoms with Crippen LogP contribution in [0.2, 0.25) is 18.1 Å². The fraction of sp³-hybridized carbons (Fsp3) is 0.846. The summed E-state index contributed by atoms with van der Waals surface area (Å²) in [5, 5.41) is 9.96. The molecular formula is C13H28O2Si. The van der Waals surface area contributed by atoms with E-state index in [1.165, 1.54) is 0 Å². The molecule has 0 radical (unpaired) electrons. The standard InChI is InChI=1S/C13H28O2Si/c1-9-10(2)12(11(3)14)15-16(7,8)13(4,5)6/h9-12,14H,1H2,2-8H3/t10-,11-,12+/m0/s1. The van der Waals surface area contributed by atoms with Gasteiger partial charge in [0.15, 0.2) is 8.32 Å². The van der Waals surface area contributed by atoms with Crippen LogP contribution in [0.1, 0.15) is 34.6 Å². The van der Waals surface area contributed by atoms with Crippen molar-refractivity contribution in [3.63, 3.8) is 0 Å². The molecule has 0 fully saturated rings. The van der Waals surface area contributed by atoms with Crippen molar-refractivity contribution in [1.29, 1.82) is 0 Å². The summed E-state index contributed by atoms with van der Waals surface area (Å²) in [5.74, 6) is 0.175. The normalized spacial score (nSPS) is 19.0. The Morgan fingerprint density at radius 3 is 1.94 bits per heavy atom. The van der Waals surface area contributed by atoms with E-state index in [0.717, 1.165) is 0 Å². The summed E-state index contributed by atoms with van der Waals surface area (Å²) < 4.78 is 6.23. The lowest BCUT2D eigenvalue weighted by molar-refractivity contribution is 0.0182. The predicted octanol–water partition coefficient (Wildman–Crippen LogP) is 3.58. The van der Waals surface area contributed by atoms with E-state index in [2.05, 4.69) is 40.4 Å². The second-order valence-corrected chi connectivity index (χ2v) is 10.9. The quantitative estimate of drug-likeness (QED) is 0.592. The number of rotatable bonds is 5. The Hall–Kier alpha value is -0.123. The van der Waals surface area contributed by atoms with E-state index in [4.69, 9.17) is 4.43 Å². The lowest BCUT2D eigenvalue weighted by Crippen LogP contribution is -2.48. The van der Waals surface area contributed by atoms with Gasteiger partial charge in [-0.1, -0.05) is 33.8 Å². The zero-order valence-corrected chi connectivity index (χ0v) is 12.9. The zero-order chi connectivity index (χ0) is 13.1. The maximum absolute atomic E-state index is 9.79. The van der Waals surface area contributed by atoms with Crippen molar-refractivity contribution in [3.8, 4) is 0 Å². The molecule has 0 aromatic heterocycles. The van der Waals surface area contributed by atoms with E-state index < -0.39 is 14.4 Å². The largest absolute Gasteiger partial charge is 0.411 e. The molecule has 0 saturated heterocycles. The Kier molecular flexibility index (Phi) is 5.43. The maximum Gasteiger partial charge on any atom is 0.192 e. The highest BCUT2D eigenvalue weighted by atomic mass is 28.4. The molecule has 0 aromatic rings. The van der Waals surface area contributed by atoms with Crippen LogP contribution in [0.25, 0.3) is 0 Å². The SMILES string of the molecule is C=C[C@H](C)[C@@H](O[Si](C)(C)C(C)(C)C)[C@H](C)O. The molecule has 0 aliphatic rings. The van der Waals surface area contributed by atoms with Crippen molar-refractivity contribution < 1.29 is 9.53 Å². The van der Waals surface area contributed by atoms with Gasteiger partial charge in [0.2, 0.25) is 0 Å². The molecule has 96 valence electrons. The van der Waals surface area contributed by atoms with Gasteiger partial charge in [0.1, 0.15) is 0 Å². The Morgan fingerprint density at radius 1 is 1.25 bits per heavy atom. The average molecular weight is 244 g/mol. The summed E-state index contributed by atoms with van der Waals surface area (Å²) in [4.78, 5) is 0. The highest BCUT2D eigenvalue weighted by molar-refractivity contribution is 6.74. The van der Waals surface area contributed by atoms with Gasteiger partial charge >= 0.3 is 0 Å². The van der Waals surface area contributed by atoms with E-state index in [-0.39, 0.29) is 17.1 Å². The molecule has 1 N–H and O–H groups in total. The third kappa shape index (κ3) is 4.04. The minimum Gasteiger partial charge on any atom is -0.411 e. The Bertz CT molecular complexity index is 229. The monoisotopic (exact) mass is 244 g/mol. The number of aliphatic hydroxyl groups is 1. The first kappa shape index (κ1) is 15.9. The molecule has 2 nitrogen and oxygen atoms in total. The topological polar surface area (TPSA) is 29.5 Å². The second-order valence-electron chi connectivity index (χ2n) is 6.18. The lowest BCUT2D eigenvalue weighted by atomic mass is 10.0. The van der Waals surface area contributed by atoms with Crippen LogP contribution in [-0.4, -0.2) is 25.6 Å². The van der Waals surface area contributed by atoms with E-state index >= 15 is 0 Å². The van der Waals surface area contributed by atoms with E-state index in [9.17, 15) is 5.11 Å². The summed E-state index contributed by atoms with van der Waals surface area (Å²) >= 11 is 0. The molecule has 0 amide bonds. The first-order valence-electron chi connectivity index (χ1n) is 6.01. The second kappa shape index (κ2) is 5.47. The van der Waals surface area contributed by atoms with Crippen LogP contribution >= 0.6 is 0 Å². The smallest absolute Gasteiger partial charge is 0.192 e. The fourth-order valence-corrected chi connectivity index (χ4v) is 2.74. The van der Waals surface area contributed by atoms with Crippen LogP contribution in [0.15, 0.2) is 12.7 Å². The zero-order valence-electron chi connectivity index (χ0n) is 11.9. The van der Waals surface area contributed by atoms with Gasteiger partial charge in [-0.25, -0.2) is 0 Å². The van der Waals surface area contributed by atoms with Gasteiger partial charge in [-0.15, -0.1) is 6.58 Å². The molecule has 0 aromatic carbocycles. The summed E-state index contributed by atoms with van der Waals surface area (Å²) in [6.07, 6.45) is 1.25. The maximum atomic E-state index is 9.79. The van der Waals surface area contributed by atoms with Gasteiger partial charge in [0, 0.05) is 5.92 Å². The molecular weight excluding hydrogens is 216 g/mol. The van der Waals surface area contributed by atoms with Gasteiger partial charge in [0.25, 0.3) is 0 Å². The molecule has 0 aliphatic carbocycles. The number of hydrogen-bond acceptors (Lipinski definition) is 2. The van der Waals surface area contributed by atoms with Crippen molar-refractivity contribution in [1.82, 2.24) is 0 Å². The predicted molar refractivity (Wildman–Crippen MR) is 73.1 cm³/mol. The van der Waals surface area contributed by atoms with E-state index in [1.807, 2.05) is 13.0 Å². The lowest BCUT2D eigenvalue weighted by Gasteiger charge is -2.41. The van der Waals surface area contributed by atoms with E-state index in [0.29, 0.717) is 0 Å². The van der Waals surface area contributed by atoms with Gasteiger partial charge < -0.3 is 9.53 Å². The van der Waals surface area contributed by atoms with Crippen LogP contribution < -0.4 is 0 Å². The minimum absolute atomic E-state index is 0.140. The summed E-state index contributed by atoms with van der Waals surface area (Å²) in [5.41, 5.74) is 0. The van der Waals surface area contributed by atoms with Crippen LogP contribution in [0.3, 0.4) is 0 Å². The van der Waals surface area contributed by atoms with Crippen LogP contribution in [0.4, 0.5) is 0 Å². The summed E-state index contributed by atoms with van der Waals surface area (Å²) in [6.45, 7) is 18.6. The van der Waals surface area contributed by atoms with Crippen LogP contribution in [0.5, 0.6) is 0 Å². The third-order valence-electron chi connectivity index (χ3n) is 3.60. The molecule has 0 saturated carbocycles. The molecule has 3 atom stereocenters. The van der Waals surface area contributed by atoms with Gasteiger partial charge in [-0.2, -0.15) is 0 Å². The van der Waals surface area contributed by atoms with Crippen molar-refractivity contribution in [2.75, 3.05) is 0 Å². The van der Waals surface area contributed by atoms with Crippen molar-refractivity contribution in [3.05, 3.63) is 12.7 Å². The number of aliphatic hydroxyl groups excluding tert-OH is 1.